The van der Waals surface area contributed by atoms with Crippen molar-refractivity contribution < 1.29 is 17.7 Å². The van der Waals surface area contributed by atoms with E-state index in [2.05, 4.69) is 4.98 Å². The molecule has 76 valence electrons. The normalized spacial score (nSPS) is 7.36. The third-order valence-corrected chi connectivity index (χ3v) is 1.12. The van der Waals surface area contributed by atoms with Crippen LogP contribution in [0.3, 0.4) is 0 Å². The standard InChI is InChI=1S/C7H7N2.BF3.FH/c1-6-3-2-4-7(5-6)9-8;2-1(3)4;/h2-5H,1H3;;1H/q+1;;/p-1. The third-order valence-electron chi connectivity index (χ3n) is 1.12. The lowest BCUT2D eigenvalue weighted by Crippen LogP contribution is -3.00. The second-order valence-electron chi connectivity index (χ2n) is 2.19. The fraction of sp³-hybridized carbons (Fsp3) is 0.143. The van der Waals surface area contributed by atoms with Crippen molar-refractivity contribution in [1.29, 1.82) is 5.39 Å². The molecule has 0 atom stereocenters. The van der Waals surface area contributed by atoms with Crippen molar-refractivity contribution in [2.45, 2.75) is 6.92 Å². The lowest BCUT2D eigenvalue weighted by atomic mass is 10.2. The van der Waals surface area contributed by atoms with Crippen molar-refractivity contribution in [3.63, 3.8) is 0 Å². The van der Waals surface area contributed by atoms with Gasteiger partial charge in [-0.1, -0.05) is 12.1 Å². The molecule has 0 bridgehead atoms. The van der Waals surface area contributed by atoms with Gasteiger partial charge in [-0.05, 0) is 12.5 Å². The van der Waals surface area contributed by atoms with Gasteiger partial charge in [-0.2, -0.15) is 0 Å². The van der Waals surface area contributed by atoms with E-state index in [-0.39, 0.29) is 4.70 Å². The first kappa shape index (κ1) is 14.9. The lowest BCUT2D eigenvalue weighted by molar-refractivity contribution is -0.00000579. The maximum Gasteiger partial charge on any atom is 0.762 e. The van der Waals surface area contributed by atoms with E-state index in [9.17, 15) is 12.9 Å². The second-order valence-corrected chi connectivity index (χ2v) is 2.19. The van der Waals surface area contributed by atoms with E-state index in [4.69, 9.17) is 5.39 Å². The monoisotopic (exact) mass is 206 g/mol. The second kappa shape index (κ2) is 8.04. The highest BCUT2D eigenvalue weighted by molar-refractivity contribution is 6.33. The van der Waals surface area contributed by atoms with Crippen LogP contribution >= 0.6 is 0 Å². The van der Waals surface area contributed by atoms with E-state index in [1.54, 1.807) is 12.1 Å². The Balaban J connectivity index is 0. The zero-order chi connectivity index (χ0) is 10.3. The summed E-state index contributed by atoms with van der Waals surface area (Å²) in [7, 11) is -3.67. The predicted octanol–water partition coefficient (Wildman–Crippen LogP) is 0.363. The van der Waals surface area contributed by atoms with Crippen LogP contribution in [0.15, 0.2) is 24.3 Å². The lowest BCUT2D eigenvalue weighted by Gasteiger charge is -1.81. The van der Waals surface area contributed by atoms with Crippen molar-refractivity contribution in [3.05, 3.63) is 34.8 Å². The zero-order valence-corrected chi connectivity index (χ0v) is 7.29. The minimum atomic E-state index is -3.67. The van der Waals surface area contributed by atoms with Crippen molar-refractivity contribution in [2.24, 2.45) is 0 Å². The molecule has 0 saturated heterocycles. The molecule has 0 aliphatic heterocycles. The Hall–Kier alpha value is -1.58. The van der Waals surface area contributed by atoms with Crippen LogP contribution in [-0.2, 0) is 0 Å². The van der Waals surface area contributed by atoms with Crippen LogP contribution in [0.4, 0.5) is 18.6 Å². The van der Waals surface area contributed by atoms with Crippen LogP contribution in [0, 0.1) is 12.3 Å². The number of benzene rings is 1. The molecule has 2 nitrogen and oxygen atoms in total. The molecular formula is C7H7BF4N2. The van der Waals surface area contributed by atoms with Gasteiger partial charge in [0, 0.05) is 12.1 Å². The molecule has 1 aromatic rings. The molecule has 0 N–H and O–H groups in total. The number of halogens is 4. The van der Waals surface area contributed by atoms with Gasteiger partial charge in [0.05, 0.1) is 0 Å². The molecule has 0 aromatic heterocycles. The van der Waals surface area contributed by atoms with Gasteiger partial charge < -0.3 is 4.70 Å². The highest BCUT2D eigenvalue weighted by atomic mass is 19.4. The van der Waals surface area contributed by atoms with Crippen LogP contribution in [0.5, 0.6) is 0 Å². The predicted molar refractivity (Wildman–Crippen MR) is 45.0 cm³/mol. The Kier molecular flexibility index (Phi) is 8.57. The zero-order valence-electron chi connectivity index (χ0n) is 7.29. The summed E-state index contributed by atoms with van der Waals surface area (Å²) >= 11 is 0. The van der Waals surface area contributed by atoms with Crippen LogP contribution in [0.2, 0.25) is 0 Å². The minimum absolute atomic E-state index is 0. The number of rotatable bonds is 0. The largest absolute Gasteiger partial charge is 1.00 e. The van der Waals surface area contributed by atoms with E-state index in [1.807, 2.05) is 19.1 Å². The molecule has 1 aromatic carbocycles. The number of hydrogen-bond acceptors (Lipinski definition) is 1. The summed E-state index contributed by atoms with van der Waals surface area (Å²) in [5.41, 5.74) is 1.71. The summed E-state index contributed by atoms with van der Waals surface area (Å²) in [4.78, 5) is 3.03. The summed E-state index contributed by atoms with van der Waals surface area (Å²) in [5.74, 6) is 0. The van der Waals surface area contributed by atoms with Gasteiger partial charge >= 0.3 is 13.2 Å². The van der Waals surface area contributed by atoms with Crippen molar-refractivity contribution in [2.75, 3.05) is 0 Å². The van der Waals surface area contributed by atoms with Crippen molar-refractivity contribution in [1.82, 2.24) is 0 Å². The van der Waals surface area contributed by atoms with Crippen LogP contribution in [-0.4, -0.2) is 7.54 Å². The fourth-order valence-corrected chi connectivity index (χ4v) is 0.690. The molecule has 0 heterocycles. The number of aryl methyl sites for hydroxylation is 1. The summed E-state index contributed by atoms with van der Waals surface area (Å²) in [6, 6.07) is 7.35. The Bertz CT molecular complexity index is 297. The highest BCUT2D eigenvalue weighted by Gasteiger charge is 2.06. The number of hydrogen-bond donors (Lipinski definition) is 0. The minimum Gasteiger partial charge on any atom is -1.00 e. The number of nitrogens with zero attached hydrogens (tertiary/aromatic N) is 2. The van der Waals surface area contributed by atoms with Crippen molar-refractivity contribution >= 4 is 13.2 Å². The highest BCUT2D eigenvalue weighted by Crippen LogP contribution is 2.11. The summed E-state index contributed by atoms with van der Waals surface area (Å²) < 4.78 is 29.0. The van der Waals surface area contributed by atoms with Gasteiger partial charge in [-0.3, -0.25) is 12.9 Å². The first-order chi connectivity index (χ1) is 6.06. The van der Waals surface area contributed by atoms with Crippen LogP contribution in [0.25, 0.3) is 4.98 Å². The van der Waals surface area contributed by atoms with Crippen LogP contribution < -0.4 is 4.70 Å². The smallest absolute Gasteiger partial charge is 0.762 e. The molecule has 0 unspecified atom stereocenters. The van der Waals surface area contributed by atoms with Gasteiger partial charge in [-0.25, -0.2) is 0 Å². The van der Waals surface area contributed by atoms with Gasteiger partial charge in [-0.15, -0.1) is 0 Å². The molecule has 0 aliphatic rings. The molecule has 0 fully saturated rings. The molecule has 14 heavy (non-hydrogen) atoms. The average molecular weight is 206 g/mol. The molecule has 0 saturated carbocycles. The molecule has 0 spiro atoms. The summed E-state index contributed by atoms with van der Waals surface area (Å²) in [5, 5.41) is 8.29. The van der Waals surface area contributed by atoms with E-state index in [1.165, 1.54) is 0 Å². The Morgan fingerprint density at radius 1 is 1.29 bits per heavy atom. The fourth-order valence-electron chi connectivity index (χ4n) is 0.690. The van der Waals surface area contributed by atoms with Gasteiger partial charge in [0.1, 0.15) is 0 Å². The Labute approximate surface area is 79.0 Å². The Morgan fingerprint density at radius 2 is 1.79 bits per heavy atom. The van der Waals surface area contributed by atoms with Gasteiger partial charge in [0.15, 0.2) is 4.98 Å². The Morgan fingerprint density at radius 3 is 2.07 bits per heavy atom. The van der Waals surface area contributed by atoms with E-state index in [0.29, 0.717) is 5.69 Å². The molecule has 1 rings (SSSR count). The number of diazo groups is 1. The first-order valence-electron chi connectivity index (χ1n) is 3.40. The maximum absolute atomic E-state index is 9.67. The SMILES string of the molecule is Cc1cccc([N+]#N)c1.FB(F)F.[F-]. The van der Waals surface area contributed by atoms with Gasteiger partial charge in [0.25, 0.3) is 0 Å². The van der Waals surface area contributed by atoms with Crippen molar-refractivity contribution in [3.8, 4) is 0 Å². The summed E-state index contributed by atoms with van der Waals surface area (Å²) in [6.07, 6.45) is 0. The van der Waals surface area contributed by atoms with E-state index < -0.39 is 7.54 Å². The summed E-state index contributed by atoms with van der Waals surface area (Å²) in [6.45, 7) is 1.95. The average Bonchev–Trinajstić information content (AvgIpc) is 2.03. The van der Waals surface area contributed by atoms with Crippen LogP contribution in [0.1, 0.15) is 5.56 Å². The van der Waals surface area contributed by atoms with Gasteiger partial charge in [0.2, 0.25) is 5.39 Å². The van der Waals surface area contributed by atoms with E-state index in [0.717, 1.165) is 5.56 Å². The first-order valence-corrected chi connectivity index (χ1v) is 3.40. The molecule has 7 heteroatoms. The molecular weight excluding hydrogens is 199 g/mol. The maximum atomic E-state index is 9.67. The molecule has 0 radical (unpaired) electrons. The third kappa shape index (κ3) is 8.52. The molecule has 0 aliphatic carbocycles. The quantitative estimate of drug-likeness (QED) is 0.342. The van der Waals surface area contributed by atoms with E-state index >= 15 is 0 Å². The molecule has 0 amide bonds. The topological polar surface area (TPSA) is 28.1 Å².